The number of hydrogen-bond acceptors (Lipinski definition) is 5. The quantitative estimate of drug-likeness (QED) is 0.481. The molecule has 1 fully saturated rings. The second-order valence-corrected chi connectivity index (χ2v) is 8.69. The third-order valence-electron chi connectivity index (χ3n) is 5.94. The number of fused-ring (bicyclic) bond motifs is 2. The molecule has 0 saturated carbocycles. The van der Waals surface area contributed by atoms with Crippen LogP contribution in [0.25, 0.3) is 21.1 Å². The molecule has 4 aromatic rings. The zero-order valence-electron chi connectivity index (χ0n) is 16.4. The Morgan fingerprint density at radius 3 is 2.57 bits per heavy atom. The lowest BCUT2D eigenvalue weighted by atomic mass is 9.93. The Kier molecular flexibility index (Phi) is 4.33. The molecule has 0 bridgehead atoms. The Bertz CT molecular complexity index is 1340. The first kappa shape index (κ1) is 18.8. The van der Waals surface area contributed by atoms with Gasteiger partial charge in [-0.15, -0.1) is 11.3 Å². The maximum atomic E-state index is 15.9. The van der Waals surface area contributed by atoms with E-state index < -0.39 is 5.67 Å². The average Bonchev–Trinajstić information content (AvgIpc) is 3.22. The van der Waals surface area contributed by atoms with Gasteiger partial charge >= 0.3 is 0 Å². The second kappa shape index (κ2) is 6.92. The minimum absolute atomic E-state index is 0.113. The highest BCUT2D eigenvalue weighted by Crippen LogP contribution is 2.42. The van der Waals surface area contributed by atoms with Crippen LogP contribution in [0.2, 0.25) is 0 Å². The number of pyridine rings is 1. The Balaban J connectivity index is 1.53. The lowest BCUT2D eigenvalue weighted by molar-refractivity contribution is 0.125. The van der Waals surface area contributed by atoms with Gasteiger partial charge in [-0.1, -0.05) is 30.3 Å². The van der Waals surface area contributed by atoms with Crippen molar-refractivity contribution in [1.29, 1.82) is 5.26 Å². The van der Waals surface area contributed by atoms with Crippen LogP contribution in [0.3, 0.4) is 0 Å². The zero-order chi connectivity index (χ0) is 20.9. The van der Waals surface area contributed by atoms with Crippen molar-refractivity contribution < 1.29 is 4.39 Å². The summed E-state index contributed by atoms with van der Waals surface area (Å²) >= 11 is 1.40. The van der Waals surface area contributed by atoms with Gasteiger partial charge in [-0.3, -0.25) is 4.79 Å². The van der Waals surface area contributed by atoms with Crippen molar-refractivity contribution in [2.45, 2.75) is 18.5 Å². The molecular formula is C23H19FN4OS. The van der Waals surface area contributed by atoms with E-state index in [1.165, 1.54) is 15.9 Å². The van der Waals surface area contributed by atoms with Gasteiger partial charge in [-0.2, -0.15) is 5.26 Å². The number of piperidine rings is 1. The van der Waals surface area contributed by atoms with Crippen LogP contribution in [0.5, 0.6) is 0 Å². The summed E-state index contributed by atoms with van der Waals surface area (Å²) in [6, 6.07) is 17.3. The highest BCUT2D eigenvalue weighted by molar-refractivity contribution is 7.18. The van der Waals surface area contributed by atoms with Gasteiger partial charge in [0.25, 0.3) is 5.56 Å². The second-order valence-electron chi connectivity index (χ2n) is 7.66. The summed E-state index contributed by atoms with van der Waals surface area (Å²) in [5, 5.41) is 11.1. The Labute approximate surface area is 176 Å². The number of aromatic nitrogens is 2. The topological polar surface area (TPSA) is 61.9 Å². The van der Waals surface area contributed by atoms with E-state index in [1.54, 1.807) is 7.05 Å². The van der Waals surface area contributed by atoms with Gasteiger partial charge in [0.2, 0.25) is 0 Å². The van der Waals surface area contributed by atoms with E-state index >= 15 is 4.39 Å². The number of nitrogens with zero attached hydrogens (tertiary/aromatic N) is 4. The normalized spacial score (nSPS) is 16.1. The van der Waals surface area contributed by atoms with Crippen molar-refractivity contribution in [3.63, 3.8) is 0 Å². The van der Waals surface area contributed by atoms with E-state index in [4.69, 9.17) is 0 Å². The van der Waals surface area contributed by atoms with E-state index in [1.807, 2.05) is 53.4 Å². The molecule has 30 heavy (non-hydrogen) atoms. The predicted molar refractivity (Wildman–Crippen MR) is 118 cm³/mol. The number of nitriles is 1. The maximum Gasteiger partial charge on any atom is 0.270 e. The van der Waals surface area contributed by atoms with Crippen molar-refractivity contribution in [2.24, 2.45) is 7.05 Å². The molecule has 0 radical (unpaired) electrons. The molecular weight excluding hydrogens is 399 g/mol. The summed E-state index contributed by atoms with van der Waals surface area (Å²) in [5.74, 6) is 0. The molecule has 0 N–H and O–H groups in total. The van der Waals surface area contributed by atoms with Crippen LogP contribution in [0, 0.1) is 11.3 Å². The fourth-order valence-electron chi connectivity index (χ4n) is 4.27. The van der Waals surface area contributed by atoms with Crippen molar-refractivity contribution in [2.75, 3.05) is 18.0 Å². The van der Waals surface area contributed by atoms with E-state index in [0.29, 0.717) is 23.8 Å². The molecule has 7 heteroatoms. The summed E-state index contributed by atoms with van der Waals surface area (Å²) in [6.07, 6.45) is 0.530. The van der Waals surface area contributed by atoms with Gasteiger partial charge in [0.15, 0.2) is 5.67 Å². The van der Waals surface area contributed by atoms with Crippen LogP contribution in [0.4, 0.5) is 10.1 Å². The Hall–Kier alpha value is -3.24. The fraction of sp³-hybridized carbons (Fsp3) is 0.261. The summed E-state index contributed by atoms with van der Waals surface area (Å²) in [7, 11) is 1.67. The molecule has 0 spiro atoms. The van der Waals surface area contributed by atoms with Crippen LogP contribution in [-0.4, -0.2) is 22.6 Å². The summed E-state index contributed by atoms with van der Waals surface area (Å²) in [6.45, 7) is 0.830. The molecule has 0 atom stereocenters. The largest absolute Gasteiger partial charge is 0.369 e. The smallest absolute Gasteiger partial charge is 0.270 e. The van der Waals surface area contributed by atoms with Crippen LogP contribution < -0.4 is 10.5 Å². The Morgan fingerprint density at radius 1 is 1.13 bits per heavy atom. The monoisotopic (exact) mass is 418 g/mol. The van der Waals surface area contributed by atoms with E-state index in [9.17, 15) is 10.1 Å². The minimum Gasteiger partial charge on any atom is -0.369 e. The van der Waals surface area contributed by atoms with Crippen LogP contribution in [0.1, 0.15) is 23.4 Å². The van der Waals surface area contributed by atoms with Crippen molar-refractivity contribution >= 4 is 38.1 Å². The van der Waals surface area contributed by atoms with Crippen LogP contribution >= 0.6 is 11.3 Å². The fourth-order valence-corrected chi connectivity index (χ4v) is 5.38. The van der Waals surface area contributed by atoms with Gasteiger partial charge in [0.1, 0.15) is 16.6 Å². The number of para-hydroxylation sites is 2. The number of anilines is 1. The summed E-state index contributed by atoms with van der Waals surface area (Å²) < 4.78 is 18.3. The van der Waals surface area contributed by atoms with Crippen molar-refractivity contribution in [3.8, 4) is 6.07 Å². The first-order valence-corrected chi connectivity index (χ1v) is 10.7. The molecule has 5 rings (SSSR count). The summed E-state index contributed by atoms with van der Waals surface area (Å²) in [4.78, 5) is 19.3. The highest BCUT2D eigenvalue weighted by atomic mass is 32.1. The van der Waals surface area contributed by atoms with E-state index in [2.05, 4.69) is 11.1 Å². The number of thiazole rings is 1. The van der Waals surface area contributed by atoms with Gasteiger partial charge in [-0.05, 0) is 18.2 Å². The molecule has 150 valence electrons. The Morgan fingerprint density at radius 2 is 1.83 bits per heavy atom. The molecule has 1 aliphatic heterocycles. The molecule has 0 unspecified atom stereocenters. The summed E-state index contributed by atoms with van der Waals surface area (Å²) in [5.41, 5.74) is 0.489. The number of aryl methyl sites for hydroxylation is 1. The molecule has 3 heterocycles. The number of rotatable bonds is 2. The molecule has 2 aromatic heterocycles. The highest BCUT2D eigenvalue weighted by Gasteiger charge is 2.40. The van der Waals surface area contributed by atoms with Crippen molar-refractivity contribution in [1.82, 2.24) is 9.55 Å². The average molecular weight is 418 g/mol. The number of alkyl halides is 1. The SMILES string of the molecule is Cn1c(=O)c(C#N)c(N2CCC(F)(c3nc4ccccc4s3)CC2)c2ccccc21. The maximum absolute atomic E-state index is 15.9. The first-order valence-electron chi connectivity index (χ1n) is 9.83. The van der Waals surface area contributed by atoms with Crippen molar-refractivity contribution in [3.05, 3.63) is 69.5 Å². The minimum atomic E-state index is -1.50. The number of benzene rings is 2. The van der Waals surface area contributed by atoms with Crippen LogP contribution in [-0.2, 0) is 12.7 Å². The van der Waals surface area contributed by atoms with Crippen LogP contribution in [0.15, 0.2) is 53.3 Å². The van der Waals surface area contributed by atoms with Gasteiger partial charge in [0.05, 0.1) is 21.4 Å². The lowest BCUT2D eigenvalue weighted by Crippen LogP contribution is -2.41. The zero-order valence-corrected chi connectivity index (χ0v) is 17.2. The lowest BCUT2D eigenvalue weighted by Gasteiger charge is -2.37. The van der Waals surface area contributed by atoms with Gasteiger partial charge in [0, 0.05) is 38.4 Å². The van der Waals surface area contributed by atoms with Gasteiger partial charge < -0.3 is 9.47 Å². The third kappa shape index (κ3) is 2.79. The predicted octanol–water partition coefficient (Wildman–Crippen LogP) is 4.49. The molecule has 0 aliphatic carbocycles. The first-order chi connectivity index (χ1) is 14.5. The molecule has 0 amide bonds. The van der Waals surface area contributed by atoms with Gasteiger partial charge in [-0.25, -0.2) is 9.37 Å². The molecule has 2 aromatic carbocycles. The molecule has 5 nitrogen and oxygen atoms in total. The number of hydrogen-bond donors (Lipinski definition) is 0. The standard InChI is InChI=1S/C23H19FN4OS/c1-27-18-8-4-2-6-15(18)20(16(14-25)21(27)29)28-12-10-23(24,11-13-28)22-26-17-7-3-5-9-19(17)30-22/h2-9H,10-13H2,1H3. The number of halogens is 1. The molecule has 1 saturated heterocycles. The van der Waals surface area contributed by atoms with E-state index in [0.717, 1.165) is 21.1 Å². The van der Waals surface area contributed by atoms with E-state index in [-0.39, 0.29) is 24.0 Å². The molecule has 1 aliphatic rings. The third-order valence-corrected chi connectivity index (χ3v) is 7.15.